The fourth-order valence-electron chi connectivity index (χ4n) is 3.30. The van der Waals surface area contributed by atoms with Gasteiger partial charge in [-0.3, -0.25) is 9.79 Å². The molecule has 1 aliphatic rings. The van der Waals surface area contributed by atoms with Crippen LogP contribution in [0.1, 0.15) is 29.9 Å². The summed E-state index contributed by atoms with van der Waals surface area (Å²) in [5.74, 6) is 1.06. The van der Waals surface area contributed by atoms with Gasteiger partial charge >= 0.3 is 6.18 Å². The van der Waals surface area contributed by atoms with Gasteiger partial charge in [0.1, 0.15) is 5.82 Å². The Labute approximate surface area is 178 Å². The third-order valence-electron chi connectivity index (χ3n) is 4.89. The number of nitrogens with one attached hydrogen (secondary N) is 4. The van der Waals surface area contributed by atoms with Gasteiger partial charge in [-0.1, -0.05) is 18.2 Å². The van der Waals surface area contributed by atoms with Gasteiger partial charge in [0.25, 0.3) is 0 Å². The molecule has 0 radical (unpaired) electrons. The van der Waals surface area contributed by atoms with Crippen molar-refractivity contribution in [3.63, 3.8) is 0 Å². The highest BCUT2D eigenvalue weighted by atomic mass is 19.4. The Hall–Kier alpha value is -3.30. The number of halogens is 3. The molecule has 0 bridgehead atoms. The Morgan fingerprint density at radius 3 is 2.71 bits per heavy atom. The molecule has 31 heavy (non-hydrogen) atoms. The Balaban J connectivity index is 1.39. The number of para-hydroxylation sites is 1. The van der Waals surface area contributed by atoms with Crippen LogP contribution in [0, 0.1) is 0 Å². The lowest BCUT2D eigenvalue weighted by molar-refractivity contribution is -0.137. The summed E-state index contributed by atoms with van der Waals surface area (Å²) in [4.78, 5) is 19.9. The first-order chi connectivity index (χ1) is 14.9. The molecular weight excluding hydrogens is 409 g/mol. The molecule has 2 aromatic rings. The van der Waals surface area contributed by atoms with Crippen molar-refractivity contribution in [2.45, 2.75) is 24.9 Å². The van der Waals surface area contributed by atoms with Gasteiger partial charge < -0.3 is 21.3 Å². The average molecular weight is 434 g/mol. The molecule has 1 unspecified atom stereocenters. The molecule has 4 N–H and O–H groups in total. The molecule has 1 aromatic heterocycles. The number of nitrogens with zero attached hydrogens (tertiary/aromatic N) is 2. The highest BCUT2D eigenvalue weighted by Crippen LogP contribution is 2.31. The van der Waals surface area contributed by atoms with Gasteiger partial charge in [-0.2, -0.15) is 13.2 Å². The number of fused-ring (bicyclic) bond motifs is 1. The zero-order valence-corrected chi connectivity index (χ0v) is 17.1. The summed E-state index contributed by atoms with van der Waals surface area (Å²) in [6, 6.07) is 10.1. The molecule has 0 fully saturated rings. The lowest BCUT2D eigenvalue weighted by Crippen LogP contribution is -2.41. The van der Waals surface area contributed by atoms with Crippen LogP contribution in [0.2, 0.25) is 0 Å². The molecule has 166 valence electrons. The van der Waals surface area contributed by atoms with E-state index in [9.17, 15) is 18.0 Å². The van der Waals surface area contributed by atoms with Crippen molar-refractivity contribution in [1.82, 2.24) is 15.6 Å². The van der Waals surface area contributed by atoms with Crippen LogP contribution in [0.4, 0.5) is 24.7 Å². The highest BCUT2D eigenvalue weighted by molar-refractivity contribution is 5.94. The number of anilines is 2. The SMILES string of the molecule is CN=C(NCCCNc1ccc(C(F)(F)F)cn1)NCC1CC(=O)Nc2ccccc21. The van der Waals surface area contributed by atoms with Crippen molar-refractivity contribution >= 4 is 23.4 Å². The van der Waals surface area contributed by atoms with E-state index >= 15 is 0 Å². The smallest absolute Gasteiger partial charge is 0.370 e. The minimum atomic E-state index is -4.39. The number of benzene rings is 1. The van der Waals surface area contributed by atoms with Gasteiger partial charge in [-0.05, 0) is 30.2 Å². The number of carbonyl (C=O) groups excluding carboxylic acids is 1. The molecule has 2 heterocycles. The first-order valence-electron chi connectivity index (χ1n) is 9.97. The van der Waals surface area contributed by atoms with Gasteiger partial charge in [-0.15, -0.1) is 0 Å². The second-order valence-corrected chi connectivity index (χ2v) is 7.13. The minimum absolute atomic E-state index is 0.00334. The standard InChI is InChI=1S/C21H25F3N6O/c1-25-20(29-12-14-11-19(31)30-17-6-3-2-5-16(14)17)27-10-4-9-26-18-8-7-15(13-28-18)21(22,23)24/h2-3,5-8,13-14H,4,9-12H2,1H3,(H,26,28)(H,30,31)(H2,25,27,29). The molecule has 0 saturated heterocycles. The second kappa shape index (κ2) is 10.1. The van der Waals surface area contributed by atoms with Crippen molar-refractivity contribution in [2.24, 2.45) is 4.99 Å². The maximum Gasteiger partial charge on any atom is 0.417 e. The highest BCUT2D eigenvalue weighted by Gasteiger charge is 2.30. The molecule has 1 aliphatic heterocycles. The maximum absolute atomic E-state index is 12.5. The number of amides is 1. The number of hydrogen-bond acceptors (Lipinski definition) is 4. The van der Waals surface area contributed by atoms with Crippen LogP contribution >= 0.6 is 0 Å². The lowest BCUT2D eigenvalue weighted by Gasteiger charge is -2.26. The fourth-order valence-corrected chi connectivity index (χ4v) is 3.30. The average Bonchev–Trinajstić information content (AvgIpc) is 2.75. The van der Waals surface area contributed by atoms with E-state index in [0.29, 0.717) is 44.3 Å². The zero-order chi connectivity index (χ0) is 22.3. The summed E-state index contributed by atoms with van der Waals surface area (Å²) in [5, 5.41) is 12.3. The summed E-state index contributed by atoms with van der Waals surface area (Å²) in [5.41, 5.74) is 1.17. The molecule has 10 heteroatoms. The van der Waals surface area contributed by atoms with Crippen LogP contribution in [0.25, 0.3) is 0 Å². The van der Waals surface area contributed by atoms with E-state index in [2.05, 4.69) is 31.2 Å². The van der Waals surface area contributed by atoms with Crippen molar-refractivity contribution in [1.29, 1.82) is 0 Å². The molecular formula is C21H25F3N6O. The molecule has 3 rings (SSSR count). The Bertz CT molecular complexity index is 914. The van der Waals surface area contributed by atoms with E-state index in [-0.39, 0.29) is 11.8 Å². The first kappa shape index (κ1) is 22.4. The Morgan fingerprint density at radius 1 is 1.19 bits per heavy atom. The summed E-state index contributed by atoms with van der Waals surface area (Å²) in [6.45, 7) is 1.71. The van der Waals surface area contributed by atoms with Crippen LogP contribution in [0.5, 0.6) is 0 Å². The zero-order valence-electron chi connectivity index (χ0n) is 17.1. The first-order valence-corrected chi connectivity index (χ1v) is 9.97. The summed E-state index contributed by atoms with van der Waals surface area (Å²) < 4.78 is 37.6. The van der Waals surface area contributed by atoms with Crippen LogP contribution in [-0.4, -0.2) is 43.5 Å². The van der Waals surface area contributed by atoms with Gasteiger partial charge in [0.15, 0.2) is 5.96 Å². The molecule has 1 atom stereocenters. The Kier molecular flexibility index (Phi) is 7.32. The number of rotatable bonds is 7. The number of guanidine groups is 1. The molecule has 0 saturated carbocycles. The van der Waals surface area contributed by atoms with Gasteiger partial charge in [0.2, 0.25) is 5.91 Å². The summed E-state index contributed by atoms with van der Waals surface area (Å²) in [6.07, 6.45) is -2.46. The lowest BCUT2D eigenvalue weighted by atomic mass is 9.90. The quantitative estimate of drug-likeness (QED) is 0.305. The predicted molar refractivity (Wildman–Crippen MR) is 114 cm³/mol. The number of pyridine rings is 1. The van der Waals surface area contributed by atoms with Crippen molar-refractivity contribution < 1.29 is 18.0 Å². The van der Waals surface area contributed by atoms with Gasteiger partial charge in [0, 0.05) is 50.9 Å². The molecule has 1 aromatic carbocycles. The van der Waals surface area contributed by atoms with Gasteiger partial charge in [-0.25, -0.2) is 4.98 Å². The van der Waals surface area contributed by atoms with E-state index in [4.69, 9.17) is 0 Å². The Morgan fingerprint density at radius 2 is 2.00 bits per heavy atom. The number of carbonyl (C=O) groups is 1. The van der Waals surface area contributed by atoms with Crippen LogP contribution in [0.3, 0.4) is 0 Å². The van der Waals surface area contributed by atoms with E-state index in [1.165, 1.54) is 6.07 Å². The van der Waals surface area contributed by atoms with E-state index < -0.39 is 11.7 Å². The topological polar surface area (TPSA) is 90.4 Å². The number of aromatic nitrogens is 1. The van der Waals surface area contributed by atoms with Crippen molar-refractivity contribution in [3.8, 4) is 0 Å². The van der Waals surface area contributed by atoms with E-state index in [1.807, 2.05) is 24.3 Å². The van der Waals surface area contributed by atoms with E-state index in [0.717, 1.165) is 23.5 Å². The molecule has 0 aliphatic carbocycles. The third kappa shape index (κ3) is 6.34. The van der Waals surface area contributed by atoms with Crippen molar-refractivity contribution in [2.75, 3.05) is 37.3 Å². The maximum atomic E-state index is 12.5. The van der Waals surface area contributed by atoms with Crippen LogP contribution in [0.15, 0.2) is 47.6 Å². The predicted octanol–water partition coefficient (Wildman–Crippen LogP) is 3.19. The minimum Gasteiger partial charge on any atom is -0.370 e. The van der Waals surface area contributed by atoms with Gasteiger partial charge in [0.05, 0.1) is 5.56 Å². The van der Waals surface area contributed by atoms with Crippen molar-refractivity contribution in [3.05, 3.63) is 53.7 Å². The summed E-state index contributed by atoms with van der Waals surface area (Å²) in [7, 11) is 1.67. The van der Waals surface area contributed by atoms with Crippen LogP contribution < -0.4 is 21.3 Å². The number of alkyl halides is 3. The number of hydrogen-bond donors (Lipinski definition) is 4. The molecule has 1 amide bonds. The number of aliphatic imine (C=N–C) groups is 1. The monoisotopic (exact) mass is 434 g/mol. The fraction of sp³-hybridized carbons (Fsp3) is 0.381. The molecule has 7 nitrogen and oxygen atoms in total. The van der Waals surface area contributed by atoms with Crippen LogP contribution in [-0.2, 0) is 11.0 Å². The van der Waals surface area contributed by atoms with E-state index in [1.54, 1.807) is 7.05 Å². The normalized spacial score (nSPS) is 16.3. The second-order valence-electron chi connectivity index (χ2n) is 7.13. The largest absolute Gasteiger partial charge is 0.417 e. The third-order valence-corrected chi connectivity index (χ3v) is 4.89. The molecule has 0 spiro atoms. The summed E-state index contributed by atoms with van der Waals surface area (Å²) >= 11 is 0.